The SMILES string of the molecule is O=COCc1ccccc1.OC1CCCN(F)C1. The van der Waals surface area contributed by atoms with Gasteiger partial charge in [0.15, 0.2) is 0 Å². The summed E-state index contributed by atoms with van der Waals surface area (Å²) < 4.78 is 16.6. The Morgan fingerprint density at radius 3 is 2.67 bits per heavy atom. The summed E-state index contributed by atoms with van der Waals surface area (Å²) in [6, 6.07) is 9.55. The van der Waals surface area contributed by atoms with Crippen LogP contribution in [0.15, 0.2) is 30.3 Å². The second-order valence-corrected chi connectivity index (χ2v) is 4.06. The first kappa shape index (κ1) is 14.6. The van der Waals surface area contributed by atoms with E-state index >= 15 is 0 Å². The Bertz CT molecular complexity index is 326. The summed E-state index contributed by atoms with van der Waals surface area (Å²) in [5.41, 5.74) is 1.01. The fourth-order valence-corrected chi connectivity index (χ4v) is 1.61. The Hall–Kier alpha value is -1.46. The lowest BCUT2D eigenvalue weighted by Crippen LogP contribution is -2.32. The average Bonchev–Trinajstić information content (AvgIpc) is 2.38. The molecule has 1 saturated heterocycles. The molecule has 0 bridgehead atoms. The molecule has 0 amide bonds. The highest BCUT2D eigenvalue weighted by Crippen LogP contribution is 2.08. The number of hydrogen-bond acceptors (Lipinski definition) is 4. The molecule has 1 aliphatic rings. The molecular formula is C13H18FNO3. The first-order chi connectivity index (χ1) is 8.72. The van der Waals surface area contributed by atoms with Crippen molar-refractivity contribution >= 4 is 6.47 Å². The molecule has 0 radical (unpaired) electrons. The van der Waals surface area contributed by atoms with Gasteiger partial charge < -0.3 is 9.84 Å². The third-order valence-corrected chi connectivity index (χ3v) is 2.51. The number of halogens is 1. The van der Waals surface area contributed by atoms with Gasteiger partial charge in [-0.1, -0.05) is 30.3 Å². The molecule has 4 nitrogen and oxygen atoms in total. The number of aliphatic hydroxyl groups is 1. The van der Waals surface area contributed by atoms with Gasteiger partial charge in [0.1, 0.15) is 6.61 Å². The number of aliphatic hydroxyl groups excluding tert-OH is 1. The van der Waals surface area contributed by atoms with Crippen molar-refractivity contribution in [2.75, 3.05) is 13.1 Å². The second-order valence-electron chi connectivity index (χ2n) is 4.06. The van der Waals surface area contributed by atoms with E-state index in [4.69, 9.17) is 5.11 Å². The molecule has 1 N–H and O–H groups in total. The van der Waals surface area contributed by atoms with Crippen molar-refractivity contribution in [2.24, 2.45) is 0 Å². The van der Waals surface area contributed by atoms with Gasteiger partial charge in [0.25, 0.3) is 6.47 Å². The minimum Gasteiger partial charge on any atom is -0.463 e. The van der Waals surface area contributed by atoms with Crippen molar-refractivity contribution in [3.8, 4) is 0 Å². The van der Waals surface area contributed by atoms with E-state index in [1.165, 1.54) is 0 Å². The highest BCUT2D eigenvalue weighted by molar-refractivity contribution is 5.37. The largest absolute Gasteiger partial charge is 0.463 e. The fourth-order valence-electron chi connectivity index (χ4n) is 1.61. The molecule has 1 fully saturated rings. The fraction of sp³-hybridized carbons (Fsp3) is 0.462. The van der Waals surface area contributed by atoms with Crippen molar-refractivity contribution in [1.82, 2.24) is 5.12 Å². The normalized spacial score (nSPS) is 19.6. The van der Waals surface area contributed by atoms with Crippen LogP contribution in [0.2, 0.25) is 0 Å². The topological polar surface area (TPSA) is 49.8 Å². The van der Waals surface area contributed by atoms with Crippen LogP contribution >= 0.6 is 0 Å². The monoisotopic (exact) mass is 255 g/mol. The van der Waals surface area contributed by atoms with E-state index in [1.54, 1.807) is 0 Å². The Morgan fingerprint density at radius 1 is 1.44 bits per heavy atom. The maximum Gasteiger partial charge on any atom is 0.293 e. The number of carbonyl (C=O) groups excluding carboxylic acids is 1. The summed E-state index contributed by atoms with van der Waals surface area (Å²) in [6.45, 7) is 1.49. The van der Waals surface area contributed by atoms with Crippen LogP contribution in [0.3, 0.4) is 0 Å². The van der Waals surface area contributed by atoms with Crippen LogP contribution in [-0.4, -0.2) is 35.9 Å². The molecule has 0 aliphatic carbocycles. The van der Waals surface area contributed by atoms with E-state index in [1.807, 2.05) is 30.3 Å². The standard InChI is InChI=1S/C8H8O2.C5H10FNO/c9-7-10-6-8-4-2-1-3-5-8;6-7-3-1-2-5(8)4-7/h1-5,7H,6H2;5,8H,1-4H2. The lowest BCUT2D eigenvalue weighted by molar-refractivity contribution is -0.129. The number of benzene rings is 1. The van der Waals surface area contributed by atoms with Gasteiger partial charge in [0, 0.05) is 6.54 Å². The minimum absolute atomic E-state index is 0.194. The minimum atomic E-state index is -0.436. The van der Waals surface area contributed by atoms with Gasteiger partial charge in [-0.2, -0.15) is 0 Å². The van der Waals surface area contributed by atoms with Crippen molar-refractivity contribution in [3.05, 3.63) is 35.9 Å². The Kier molecular flexibility index (Phi) is 6.98. The zero-order chi connectivity index (χ0) is 13.2. The molecule has 1 aliphatic heterocycles. The van der Waals surface area contributed by atoms with Gasteiger partial charge in [0.2, 0.25) is 0 Å². The molecule has 2 rings (SSSR count). The van der Waals surface area contributed by atoms with E-state index in [0.717, 1.165) is 18.4 Å². The van der Waals surface area contributed by atoms with E-state index in [0.29, 0.717) is 24.7 Å². The van der Waals surface area contributed by atoms with Crippen LogP contribution in [-0.2, 0) is 16.1 Å². The van der Waals surface area contributed by atoms with Gasteiger partial charge in [-0.25, -0.2) is 0 Å². The maximum atomic E-state index is 12.1. The summed E-state index contributed by atoms with van der Waals surface area (Å²) in [6.07, 6.45) is 1.09. The number of carbonyl (C=O) groups is 1. The first-order valence-electron chi connectivity index (χ1n) is 5.90. The van der Waals surface area contributed by atoms with E-state index in [-0.39, 0.29) is 6.54 Å². The molecule has 0 saturated carbocycles. The van der Waals surface area contributed by atoms with Crippen molar-refractivity contribution in [2.45, 2.75) is 25.6 Å². The van der Waals surface area contributed by atoms with Crippen molar-refractivity contribution < 1.29 is 19.1 Å². The molecule has 100 valence electrons. The number of piperidine rings is 1. The number of ether oxygens (including phenoxy) is 1. The Balaban J connectivity index is 0.000000184. The lowest BCUT2D eigenvalue weighted by atomic mass is 10.1. The summed E-state index contributed by atoms with van der Waals surface area (Å²) in [4.78, 5) is 9.76. The van der Waals surface area contributed by atoms with E-state index in [2.05, 4.69) is 4.74 Å². The third kappa shape index (κ3) is 6.32. The lowest BCUT2D eigenvalue weighted by Gasteiger charge is -2.21. The molecule has 1 aromatic rings. The van der Waals surface area contributed by atoms with Gasteiger partial charge in [-0.05, 0) is 18.4 Å². The molecule has 18 heavy (non-hydrogen) atoms. The van der Waals surface area contributed by atoms with Crippen LogP contribution in [0.25, 0.3) is 0 Å². The van der Waals surface area contributed by atoms with Gasteiger partial charge in [-0.15, -0.1) is 9.60 Å². The van der Waals surface area contributed by atoms with Gasteiger partial charge >= 0.3 is 0 Å². The summed E-state index contributed by atoms with van der Waals surface area (Å²) in [5.74, 6) is 0. The van der Waals surface area contributed by atoms with Gasteiger partial charge in [0.05, 0.1) is 12.6 Å². The Labute approximate surface area is 106 Å². The van der Waals surface area contributed by atoms with Crippen molar-refractivity contribution in [3.63, 3.8) is 0 Å². The third-order valence-electron chi connectivity index (χ3n) is 2.51. The molecule has 1 aromatic carbocycles. The van der Waals surface area contributed by atoms with Crippen LogP contribution in [0.4, 0.5) is 4.48 Å². The molecule has 0 spiro atoms. The van der Waals surface area contributed by atoms with Crippen LogP contribution in [0, 0.1) is 0 Å². The summed E-state index contributed by atoms with van der Waals surface area (Å²) in [7, 11) is 0. The Morgan fingerprint density at radius 2 is 2.17 bits per heavy atom. The molecular weight excluding hydrogens is 237 g/mol. The number of nitrogens with zero attached hydrogens (tertiary/aromatic N) is 1. The van der Waals surface area contributed by atoms with Crippen LogP contribution in [0.1, 0.15) is 18.4 Å². The summed E-state index contributed by atoms with van der Waals surface area (Å²) >= 11 is 0. The first-order valence-corrected chi connectivity index (χ1v) is 5.90. The van der Waals surface area contributed by atoms with Crippen LogP contribution < -0.4 is 0 Å². The molecule has 1 atom stereocenters. The number of rotatable bonds is 3. The predicted octanol–water partition coefficient (Wildman–Crippen LogP) is 1.69. The van der Waals surface area contributed by atoms with E-state index < -0.39 is 6.10 Å². The van der Waals surface area contributed by atoms with Crippen LogP contribution in [0.5, 0.6) is 0 Å². The number of hydrogen-bond donors (Lipinski definition) is 1. The van der Waals surface area contributed by atoms with Gasteiger partial charge in [-0.3, -0.25) is 4.79 Å². The second kappa shape index (κ2) is 8.60. The zero-order valence-electron chi connectivity index (χ0n) is 10.2. The average molecular weight is 255 g/mol. The summed E-state index contributed by atoms with van der Waals surface area (Å²) in [5, 5.41) is 9.46. The predicted molar refractivity (Wildman–Crippen MR) is 65.2 cm³/mol. The zero-order valence-corrected chi connectivity index (χ0v) is 10.2. The molecule has 1 unspecified atom stereocenters. The quantitative estimate of drug-likeness (QED) is 0.659. The molecule has 0 aromatic heterocycles. The highest BCUT2D eigenvalue weighted by Gasteiger charge is 2.15. The number of β-amino-alcohol motifs (C(OH)–C–C–N with tert-alkyl or cyclic N) is 1. The highest BCUT2D eigenvalue weighted by atomic mass is 19.2. The molecule has 1 heterocycles. The van der Waals surface area contributed by atoms with Crippen molar-refractivity contribution in [1.29, 1.82) is 0 Å². The van der Waals surface area contributed by atoms with E-state index in [9.17, 15) is 9.28 Å². The molecule has 5 heteroatoms. The maximum absolute atomic E-state index is 12.1. The smallest absolute Gasteiger partial charge is 0.293 e.